The van der Waals surface area contributed by atoms with Crippen LogP contribution in [0.5, 0.6) is 0 Å². The van der Waals surface area contributed by atoms with Gasteiger partial charge in [-0.05, 0) is 31.3 Å². The van der Waals surface area contributed by atoms with Crippen molar-refractivity contribution in [3.05, 3.63) is 66.4 Å². The van der Waals surface area contributed by atoms with Crippen LogP contribution in [-0.2, 0) is 9.59 Å². The quantitative estimate of drug-likeness (QED) is 0.606. The number of nitrogens with zero attached hydrogens (tertiary/aromatic N) is 4. The summed E-state index contributed by atoms with van der Waals surface area (Å²) in [6.45, 7) is 3.00. The minimum atomic E-state index is -0.343. The third kappa shape index (κ3) is 3.94. The van der Waals surface area contributed by atoms with Crippen LogP contribution in [0.1, 0.15) is 10.6 Å². The van der Waals surface area contributed by atoms with E-state index in [1.54, 1.807) is 16.0 Å². The molecule has 1 aromatic heterocycles. The highest BCUT2D eigenvalue weighted by Gasteiger charge is 2.51. The lowest BCUT2D eigenvalue weighted by Crippen LogP contribution is -2.59. The van der Waals surface area contributed by atoms with E-state index in [0.717, 1.165) is 11.1 Å². The van der Waals surface area contributed by atoms with E-state index in [9.17, 15) is 14.4 Å². The molecular formula is C27H29N5O4. The Bertz CT molecular complexity index is 1270. The fourth-order valence-corrected chi connectivity index (χ4v) is 5.66. The maximum Gasteiger partial charge on any atom is 0.289 e. The number of benzene rings is 2. The molecule has 0 saturated carbocycles. The summed E-state index contributed by atoms with van der Waals surface area (Å²) in [6, 6.07) is 18.6. The van der Waals surface area contributed by atoms with Gasteiger partial charge in [-0.25, -0.2) is 10.4 Å². The molecule has 9 nitrogen and oxygen atoms in total. The van der Waals surface area contributed by atoms with Crippen molar-refractivity contribution in [2.45, 2.75) is 6.04 Å². The Hall–Kier alpha value is -3.69. The standard InChI is InChI=1S/C27H29N5O4/c1-29-16-20(24-21(17-29)26(34)32(28-24)19-8-3-2-4-9-19)25(33)30-11-13-31(14-12-30)27(35)23-15-18-7-5-6-10-22(18)36-23/h2-10,15,20-21,24,28H,11-14,16-17H2,1H3. The van der Waals surface area contributed by atoms with Gasteiger partial charge in [0, 0.05) is 44.7 Å². The second-order valence-electron chi connectivity index (χ2n) is 9.86. The zero-order chi connectivity index (χ0) is 24.8. The highest BCUT2D eigenvalue weighted by Crippen LogP contribution is 2.32. The number of carbonyl (C=O) groups is 3. The van der Waals surface area contributed by atoms with E-state index in [0.29, 0.717) is 50.6 Å². The van der Waals surface area contributed by atoms with Gasteiger partial charge in [0.15, 0.2) is 5.76 Å². The fraction of sp³-hybridized carbons (Fsp3) is 0.370. The molecule has 3 atom stereocenters. The van der Waals surface area contributed by atoms with Gasteiger partial charge >= 0.3 is 0 Å². The van der Waals surface area contributed by atoms with Crippen molar-refractivity contribution in [2.75, 3.05) is 51.3 Å². The predicted octanol–water partition coefficient (Wildman–Crippen LogP) is 1.81. The third-order valence-electron chi connectivity index (χ3n) is 7.55. The Balaban J connectivity index is 1.13. The van der Waals surface area contributed by atoms with Crippen molar-refractivity contribution < 1.29 is 18.8 Å². The molecule has 3 aliphatic heterocycles. The van der Waals surface area contributed by atoms with Crippen molar-refractivity contribution in [3.63, 3.8) is 0 Å². The Kier molecular flexibility index (Phi) is 5.73. The number of piperazine rings is 1. The van der Waals surface area contributed by atoms with Crippen molar-refractivity contribution in [1.29, 1.82) is 0 Å². The van der Waals surface area contributed by atoms with Gasteiger partial charge in [-0.3, -0.25) is 14.4 Å². The van der Waals surface area contributed by atoms with E-state index >= 15 is 0 Å². The molecule has 2 aromatic carbocycles. The number of hydrazine groups is 1. The monoisotopic (exact) mass is 487 g/mol. The molecule has 0 aliphatic carbocycles. The van der Waals surface area contributed by atoms with Crippen molar-refractivity contribution in [2.24, 2.45) is 11.8 Å². The number of likely N-dealkylation sites (tertiary alicyclic amines) is 1. The summed E-state index contributed by atoms with van der Waals surface area (Å²) >= 11 is 0. The number of furan rings is 1. The zero-order valence-electron chi connectivity index (χ0n) is 20.2. The number of carbonyl (C=O) groups excluding carboxylic acids is 3. The van der Waals surface area contributed by atoms with Crippen LogP contribution in [0.3, 0.4) is 0 Å². The summed E-state index contributed by atoms with van der Waals surface area (Å²) in [5.41, 5.74) is 4.81. The molecule has 3 saturated heterocycles. The molecule has 0 spiro atoms. The lowest BCUT2D eigenvalue weighted by molar-refractivity contribution is -0.140. The number of hydrogen-bond acceptors (Lipinski definition) is 6. The second kappa shape index (κ2) is 9.07. The Morgan fingerprint density at radius 3 is 2.36 bits per heavy atom. The molecule has 1 N–H and O–H groups in total. The number of hydrogen-bond donors (Lipinski definition) is 1. The number of nitrogens with one attached hydrogen (secondary N) is 1. The van der Waals surface area contributed by atoms with E-state index in [-0.39, 0.29) is 35.6 Å². The Morgan fingerprint density at radius 2 is 1.61 bits per heavy atom. The first-order chi connectivity index (χ1) is 17.5. The Labute approximate surface area is 209 Å². The molecule has 3 aliphatic rings. The lowest BCUT2D eigenvalue weighted by Gasteiger charge is -2.41. The van der Waals surface area contributed by atoms with E-state index in [1.807, 2.05) is 66.5 Å². The van der Waals surface area contributed by atoms with Gasteiger partial charge in [-0.2, -0.15) is 0 Å². The molecule has 3 fully saturated rings. The number of fused-ring (bicyclic) bond motifs is 2. The molecular weight excluding hydrogens is 458 g/mol. The summed E-state index contributed by atoms with van der Waals surface area (Å²) in [7, 11) is 1.96. The molecule has 3 amide bonds. The van der Waals surface area contributed by atoms with Gasteiger partial charge in [0.25, 0.3) is 5.91 Å². The maximum absolute atomic E-state index is 13.7. The number of amides is 3. The van der Waals surface area contributed by atoms with Gasteiger partial charge in [0.2, 0.25) is 11.8 Å². The summed E-state index contributed by atoms with van der Waals surface area (Å²) < 4.78 is 5.75. The van der Waals surface area contributed by atoms with E-state index in [1.165, 1.54) is 0 Å². The average Bonchev–Trinajstić information content (AvgIpc) is 3.49. The summed E-state index contributed by atoms with van der Waals surface area (Å²) in [4.78, 5) is 45.5. The van der Waals surface area contributed by atoms with E-state index in [4.69, 9.17) is 4.42 Å². The zero-order valence-corrected chi connectivity index (χ0v) is 20.2. The van der Waals surface area contributed by atoms with Crippen molar-refractivity contribution >= 4 is 34.4 Å². The molecule has 4 heterocycles. The topological polar surface area (TPSA) is 89.3 Å². The van der Waals surface area contributed by atoms with E-state index in [2.05, 4.69) is 10.3 Å². The molecule has 3 unspecified atom stereocenters. The number of piperidine rings is 1. The van der Waals surface area contributed by atoms with Gasteiger partial charge in [0.1, 0.15) is 5.58 Å². The lowest BCUT2D eigenvalue weighted by atomic mass is 9.84. The van der Waals surface area contributed by atoms with Gasteiger partial charge in [-0.1, -0.05) is 36.4 Å². The maximum atomic E-state index is 13.7. The van der Waals surface area contributed by atoms with Crippen LogP contribution < -0.4 is 10.4 Å². The van der Waals surface area contributed by atoms with Gasteiger partial charge in [-0.15, -0.1) is 0 Å². The van der Waals surface area contributed by atoms with Crippen molar-refractivity contribution in [1.82, 2.24) is 20.1 Å². The first kappa shape index (κ1) is 22.8. The first-order valence-corrected chi connectivity index (χ1v) is 12.4. The van der Waals surface area contributed by atoms with Crippen molar-refractivity contribution in [3.8, 4) is 0 Å². The SMILES string of the molecule is CN1CC(C(=O)N2CCN(C(=O)c3cc4ccccc4o3)CC2)C2NN(c3ccccc3)C(=O)C2C1. The van der Waals surface area contributed by atoms with Crippen LogP contribution in [-0.4, -0.2) is 84.8 Å². The van der Waals surface area contributed by atoms with E-state index < -0.39 is 0 Å². The van der Waals surface area contributed by atoms with Gasteiger partial charge in [0.05, 0.1) is 23.6 Å². The Morgan fingerprint density at radius 1 is 0.917 bits per heavy atom. The van der Waals surface area contributed by atoms with Crippen LogP contribution in [0, 0.1) is 11.8 Å². The van der Waals surface area contributed by atoms with Gasteiger partial charge < -0.3 is 19.1 Å². The van der Waals surface area contributed by atoms with Crippen LogP contribution in [0.4, 0.5) is 5.69 Å². The van der Waals surface area contributed by atoms with Crippen LogP contribution in [0.25, 0.3) is 11.0 Å². The second-order valence-corrected chi connectivity index (χ2v) is 9.86. The predicted molar refractivity (Wildman–Crippen MR) is 134 cm³/mol. The molecule has 9 heteroatoms. The summed E-state index contributed by atoms with van der Waals surface area (Å²) in [5, 5.41) is 2.49. The first-order valence-electron chi connectivity index (χ1n) is 12.4. The minimum absolute atomic E-state index is 0.00296. The molecule has 0 radical (unpaired) electrons. The van der Waals surface area contributed by atoms with Crippen LogP contribution in [0.2, 0.25) is 0 Å². The fourth-order valence-electron chi connectivity index (χ4n) is 5.66. The molecule has 3 aromatic rings. The highest BCUT2D eigenvalue weighted by atomic mass is 16.3. The largest absolute Gasteiger partial charge is 0.451 e. The van der Waals surface area contributed by atoms with Crippen LogP contribution in [0.15, 0.2) is 65.1 Å². The number of rotatable bonds is 3. The van der Waals surface area contributed by atoms with Crippen LogP contribution >= 0.6 is 0 Å². The molecule has 0 bridgehead atoms. The minimum Gasteiger partial charge on any atom is -0.451 e. The highest BCUT2D eigenvalue weighted by molar-refractivity contribution is 5.98. The smallest absolute Gasteiger partial charge is 0.289 e. The molecule has 6 rings (SSSR count). The molecule has 36 heavy (non-hydrogen) atoms. The molecule has 186 valence electrons. The number of anilines is 1. The summed E-state index contributed by atoms with van der Waals surface area (Å²) in [5.74, 6) is -0.433. The summed E-state index contributed by atoms with van der Waals surface area (Å²) in [6.07, 6.45) is 0. The third-order valence-corrected chi connectivity index (χ3v) is 7.55. The number of para-hydroxylation sites is 2. The average molecular weight is 488 g/mol. The normalized spacial score (nSPS) is 24.9.